The first kappa shape index (κ1) is 19.9. The summed E-state index contributed by atoms with van der Waals surface area (Å²) in [6, 6.07) is 6.35. The first-order valence-electron chi connectivity index (χ1n) is 9.61. The van der Waals surface area contributed by atoms with Gasteiger partial charge in [-0.3, -0.25) is 4.79 Å². The van der Waals surface area contributed by atoms with Crippen LogP contribution in [0.5, 0.6) is 0 Å². The number of hydrogen-bond acceptors (Lipinski definition) is 5. The molecule has 30 heavy (non-hydrogen) atoms. The molecule has 1 aliphatic heterocycles. The van der Waals surface area contributed by atoms with E-state index in [1.54, 1.807) is 12.3 Å². The Balaban J connectivity index is 1.83. The van der Waals surface area contributed by atoms with Gasteiger partial charge >= 0.3 is 0 Å². The molecular formula is C22H21F2N5O. The molecule has 3 aromatic rings. The van der Waals surface area contributed by atoms with E-state index in [0.717, 1.165) is 37.7 Å². The summed E-state index contributed by atoms with van der Waals surface area (Å²) in [7, 11) is 0. The van der Waals surface area contributed by atoms with Gasteiger partial charge in [-0.25, -0.2) is 13.8 Å². The third-order valence-electron chi connectivity index (χ3n) is 5.21. The molecule has 0 spiro atoms. The van der Waals surface area contributed by atoms with Crippen LogP contribution in [0.25, 0.3) is 11.1 Å². The number of halogens is 2. The van der Waals surface area contributed by atoms with Crippen molar-refractivity contribution in [1.29, 1.82) is 0 Å². The lowest BCUT2D eigenvalue weighted by atomic mass is 9.93. The molecule has 2 aromatic heterocycles. The first-order valence-corrected chi connectivity index (χ1v) is 9.61. The Morgan fingerprint density at radius 3 is 2.63 bits per heavy atom. The number of nitrogens with zero attached hydrogens (tertiary/aromatic N) is 4. The Kier molecular flexibility index (Phi) is 5.15. The van der Waals surface area contributed by atoms with Crippen LogP contribution in [-0.2, 0) is 0 Å². The number of carbonyl (C=O) groups excluding carboxylic acids is 1. The summed E-state index contributed by atoms with van der Waals surface area (Å²) in [5, 5.41) is 10.2. The molecule has 1 amide bonds. The van der Waals surface area contributed by atoms with Crippen molar-refractivity contribution in [1.82, 2.24) is 15.2 Å². The fraction of sp³-hybridized carbons (Fsp3) is 0.273. The van der Waals surface area contributed by atoms with Crippen molar-refractivity contribution >= 4 is 17.4 Å². The summed E-state index contributed by atoms with van der Waals surface area (Å²) in [6.07, 6.45) is 5.25. The van der Waals surface area contributed by atoms with Crippen molar-refractivity contribution in [2.45, 2.75) is 20.3 Å². The number of nitrogens with one attached hydrogen (secondary N) is 1. The van der Waals surface area contributed by atoms with E-state index in [1.165, 1.54) is 18.5 Å². The molecule has 0 saturated carbocycles. The van der Waals surface area contributed by atoms with E-state index >= 15 is 0 Å². The number of rotatable bonds is 4. The Morgan fingerprint density at radius 2 is 1.93 bits per heavy atom. The maximum Gasteiger partial charge on any atom is 0.257 e. The highest BCUT2D eigenvalue weighted by Crippen LogP contribution is 2.40. The van der Waals surface area contributed by atoms with Crippen molar-refractivity contribution in [3.8, 4) is 11.1 Å². The number of pyridine rings is 1. The summed E-state index contributed by atoms with van der Waals surface area (Å²) >= 11 is 0. The number of carbonyl (C=O) groups is 1. The van der Waals surface area contributed by atoms with Gasteiger partial charge in [0, 0.05) is 30.4 Å². The molecular weight excluding hydrogens is 388 g/mol. The van der Waals surface area contributed by atoms with E-state index < -0.39 is 17.5 Å². The van der Waals surface area contributed by atoms with Crippen LogP contribution in [0.3, 0.4) is 0 Å². The topological polar surface area (TPSA) is 71.0 Å². The second-order valence-electron chi connectivity index (χ2n) is 8.10. The van der Waals surface area contributed by atoms with Gasteiger partial charge in [0.15, 0.2) is 5.82 Å². The Morgan fingerprint density at radius 1 is 1.10 bits per heavy atom. The van der Waals surface area contributed by atoms with Crippen LogP contribution in [0, 0.1) is 17.0 Å². The minimum atomic E-state index is -0.587. The van der Waals surface area contributed by atoms with Crippen LogP contribution in [0.4, 0.5) is 20.3 Å². The maximum absolute atomic E-state index is 14.6. The van der Waals surface area contributed by atoms with Crippen molar-refractivity contribution in [3.05, 3.63) is 66.1 Å². The molecule has 1 fully saturated rings. The van der Waals surface area contributed by atoms with E-state index in [4.69, 9.17) is 0 Å². The predicted molar refractivity (Wildman–Crippen MR) is 110 cm³/mol. The lowest BCUT2D eigenvalue weighted by Crippen LogP contribution is -2.26. The third-order valence-corrected chi connectivity index (χ3v) is 5.21. The summed E-state index contributed by atoms with van der Waals surface area (Å²) in [4.78, 5) is 19.4. The zero-order chi connectivity index (χ0) is 21.3. The molecule has 1 aliphatic rings. The van der Waals surface area contributed by atoms with E-state index in [2.05, 4.69) is 39.2 Å². The van der Waals surface area contributed by atoms with Crippen molar-refractivity contribution in [3.63, 3.8) is 0 Å². The molecule has 0 radical (unpaired) electrons. The van der Waals surface area contributed by atoms with Gasteiger partial charge in [-0.15, -0.1) is 0 Å². The van der Waals surface area contributed by atoms with Gasteiger partial charge in [-0.05, 0) is 42.2 Å². The summed E-state index contributed by atoms with van der Waals surface area (Å²) in [5.74, 6) is -1.06. The molecule has 1 saturated heterocycles. The number of amides is 1. The number of hydrogen-bond donors (Lipinski definition) is 1. The standard InChI is InChI=1S/C22H21F2N5O/c1-22(2)7-10-29(13-22)20-19(28-21(30)14-5-9-26-27-12-14)16(6-8-25-20)17-11-15(23)3-4-18(17)24/h3-6,8-9,11-12H,7,10,13H2,1-2H3,(H,28,30). The van der Waals surface area contributed by atoms with Crippen LogP contribution in [0.15, 0.2) is 48.9 Å². The average Bonchev–Trinajstić information content (AvgIpc) is 3.10. The predicted octanol–water partition coefficient (Wildman–Crippen LogP) is 4.31. The fourth-order valence-electron chi connectivity index (χ4n) is 3.65. The SMILES string of the molecule is CC1(C)CCN(c2nccc(-c3cc(F)ccc3F)c2NC(=O)c2ccnnc2)C1. The number of anilines is 2. The van der Waals surface area contributed by atoms with Crippen LogP contribution in [0.2, 0.25) is 0 Å². The number of benzene rings is 1. The van der Waals surface area contributed by atoms with Gasteiger partial charge in [0.2, 0.25) is 0 Å². The second-order valence-corrected chi connectivity index (χ2v) is 8.10. The smallest absolute Gasteiger partial charge is 0.257 e. The van der Waals surface area contributed by atoms with Crippen LogP contribution in [0.1, 0.15) is 30.6 Å². The quantitative estimate of drug-likeness (QED) is 0.696. The fourth-order valence-corrected chi connectivity index (χ4v) is 3.65. The van der Waals surface area contributed by atoms with Gasteiger partial charge in [-0.2, -0.15) is 10.2 Å². The van der Waals surface area contributed by atoms with Crippen LogP contribution in [-0.4, -0.2) is 34.2 Å². The molecule has 0 aliphatic carbocycles. The Bertz CT molecular complexity index is 1090. The van der Waals surface area contributed by atoms with E-state index in [1.807, 2.05) is 0 Å². The van der Waals surface area contributed by atoms with Gasteiger partial charge < -0.3 is 10.2 Å². The zero-order valence-electron chi connectivity index (χ0n) is 16.7. The Hall–Kier alpha value is -3.42. The van der Waals surface area contributed by atoms with Crippen LogP contribution < -0.4 is 10.2 Å². The molecule has 6 nitrogen and oxygen atoms in total. The Labute approximate surface area is 173 Å². The van der Waals surface area contributed by atoms with Gasteiger partial charge in [0.05, 0.1) is 23.6 Å². The minimum absolute atomic E-state index is 0.0558. The highest BCUT2D eigenvalue weighted by Gasteiger charge is 2.32. The zero-order valence-corrected chi connectivity index (χ0v) is 16.7. The molecule has 3 heterocycles. The second kappa shape index (κ2) is 7.78. The van der Waals surface area contributed by atoms with Crippen molar-refractivity contribution in [2.24, 2.45) is 5.41 Å². The molecule has 0 atom stereocenters. The summed E-state index contributed by atoms with van der Waals surface area (Å²) < 4.78 is 28.5. The molecule has 8 heteroatoms. The van der Waals surface area contributed by atoms with Crippen LogP contribution >= 0.6 is 0 Å². The summed E-state index contributed by atoms with van der Waals surface area (Å²) in [5.41, 5.74) is 1.13. The molecule has 4 rings (SSSR count). The lowest BCUT2D eigenvalue weighted by Gasteiger charge is -2.25. The highest BCUT2D eigenvalue weighted by atomic mass is 19.1. The van der Waals surface area contributed by atoms with E-state index in [-0.39, 0.29) is 11.0 Å². The number of aromatic nitrogens is 3. The van der Waals surface area contributed by atoms with Gasteiger partial charge in [0.1, 0.15) is 11.6 Å². The minimum Gasteiger partial charge on any atom is -0.354 e. The largest absolute Gasteiger partial charge is 0.354 e. The van der Waals surface area contributed by atoms with Crippen molar-refractivity contribution in [2.75, 3.05) is 23.3 Å². The highest BCUT2D eigenvalue weighted by molar-refractivity contribution is 6.08. The van der Waals surface area contributed by atoms with E-state index in [9.17, 15) is 13.6 Å². The van der Waals surface area contributed by atoms with E-state index in [0.29, 0.717) is 22.6 Å². The normalized spacial score (nSPS) is 15.3. The van der Waals surface area contributed by atoms with Crippen molar-refractivity contribution < 1.29 is 13.6 Å². The monoisotopic (exact) mass is 409 g/mol. The molecule has 154 valence electrons. The molecule has 1 N–H and O–H groups in total. The molecule has 0 bridgehead atoms. The van der Waals surface area contributed by atoms with Gasteiger partial charge in [-0.1, -0.05) is 13.8 Å². The average molecular weight is 409 g/mol. The third kappa shape index (κ3) is 3.98. The first-order chi connectivity index (χ1) is 14.3. The maximum atomic E-state index is 14.6. The lowest BCUT2D eigenvalue weighted by molar-refractivity contribution is 0.102. The summed E-state index contributed by atoms with van der Waals surface area (Å²) in [6.45, 7) is 5.79. The van der Waals surface area contributed by atoms with Gasteiger partial charge in [0.25, 0.3) is 5.91 Å². The molecule has 1 aromatic carbocycles. The molecule has 0 unspecified atom stereocenters.